The van der Waals surface area contributed by atoms with Crippen LogP contribution in [-0.2, 0) is 11.3 Å². The Bertz CT molecular complexity index is 1250. The summed E-state index contributed by atoms with van der Waals surface area (Å²) < 4.78 is 17.9. The Labute approximate surface area is 203 Å². The number of nitrogens with zero attached hydrogens (tertiary/aromatic N) is 2. The molecule has 1 amide bonds. The molecule has 3 aromatic rings. The molecule has 10 heteroatoms. The Hall–Kier alpha value is -3.82. The number of rotatable bonds is 12. The molecular formula is C25H31N3O7. The highest BCUT2D eigenvalue weighted by atomic mass is 16.6. The molecule has 1 unspecified atom stereocenters. The molecule has 3 rings (SSSR count). The molecule has 0 aliphatic heterocycles. The number of non-ortho nitro benzene ring substituents is 1. The summed E-state index contributed by atoms with van der Waals surface area (Å²) >= 11 is 0. The van der Waals surface area contributed by atoms with Crippen LogP contribution in [0.15, 0.2) is 45.6 Å². The second kappa shape index (κ2) is 11.5. The summed E-state index contributed by atoms with van der Waals surface area (Å²) in [7, 11) is 0. The topological polar surface area (TPSA) is 126 Å². The van der Waals surface area contributed by atoms with Crippen LogP contribution in [0.4, 0.5) is 5.69 Å². The van der Waals surface area contributed by atoms with Gasteiger partial charge in [-0.15, -0.1) is 0 Å². The van der Waals surface area contributed by atoms with E-state index in [4.69, 9.17) is 13.9 Å². The highest BCUT2D eigenvalue weighted by molar-refractivity contribution is 5.77. The van der Waals surface area contributed by atoms with E-state index in [1.807, 2.05) is 45.9 Å². The highest BCUT2D eigenvalue weighted by Crippen LogP contribution is 2.33. The molecule has 0 radical (unpaired) electrons. The van der Waals surface area contributed by atoms with Crippen LogP contribution in [0.2, 0.25) is 0 Å². The number of carbonyl (C=O) groups is 1. The summed E-state index contributed by atoms with van der Waals surface area (Å²) in [4.78, 5) is 35.4. The van der Waals surface area contributed by atoms with Crippen molar-refractivity contribution in [3.8, 4) is 11.5 Å². The molecule has 0 saturated heterocycles. The molecule has 0 aliphatic carbocycles. The summed E-state index contributed by atoms with van der Waals surface area (Å²) in [5.74, 6) is 0.668. The van der Waals surface area contributed by atoms with Gasteiger partial charge in [0.1, 0.15) is 0 Å². The van der Waals surface area contributed by atoms with Crippen LogP contribution < -0.4 is 20.5 Å². The predicted octanol–water partition coefficient (Wildman–Crippen LogP) is 4.59. The SMILES string of the molecule is CCOc1ccc(C(NC(=O)CCCn2c(=O)oc3cc([N+](=O)[O-])ccc32)C(C)C)cc1OCC. The lowest BCUT2D eigenvalue weighted by atomic mass is 9.95. The molecule has 0 fully saturated rings. The maximum atomic E-state index is 12.8. The molecule has 188 valence electrons. The third-order valence-corrected chi connectivity index (χ3v) is 5.56. The molecule has 2 aromatic carbocycles. The fourth-order valence-electron chi connectivity index (χ4n) is 3.92. The van der Waals surface area contributed by atoms with Gasteiger partial charge in [-0.05, 0) is 49.9 Å². The molecule has 10 nitrogen and oxygen atoms in total. The van der Waals surface area contributed by atoms with E-state index in [0.717, 1.165) is 5.56 Å². The van der Waals surface area contributed by atoms with Gasteiger partial charge in [0.15, 0.2) is 17.1 Å². The molecule has 35 heavy (non-hydrogen) atoms. The third-order valence-electron chi connectivity index (χ3n) is 5.56. The lowest BCUT2D eigenvalue weighted by molar-refractivity contribution is -0.384. The minimum Gasteiger partial charge on any atom is -0.490 e. The van der Waals surface area contributed by atoms with Gasteiger partial charge in [0, 0.05) is 19.0 Å². The van der Waals surface area contributed by atoms with E-state index in [-0.39, 0.29) is 42.1 Å². The van der Waals surface area contributed by atoms with Crippen molar-refractivity contribution in [2.45, 2.75) is 53.1 Å². The number of ether oxygens (including phenoxy) is 2. The molecule has 0 saturated carbocycles. The first-order valence-electron chi connectivity index (χ1n) is 11.7. The van der Waals surface area contributed by atoms with E-state index in [1.165, 1.54) is 22.8 Å². The van der Waals surface area contributed by atoms with Crippen molar-refractivity contribution in [1.82, 2.24) is 9.88 Å². The van der Waals surface area contributed by atoms with Crippen molar-refractivity contribution in [3.05, 3.63) is 62.6 Å². The van der Waals surface area contributed by atoms with Crippen molar-refractivity contribution in [2.75, 3.05) is 13.2 Å². The lowest BCUT2D eigenvalue weighted by Gasteiger charge is -2.24. The Morgan fingerprint density at radius 1 is 1.11 bits per heavy atom. The monoisotopic (exact) mass is 485 g/mol. The van der Waals surface area contributed by atoms with E-state index in [2.05, 4.69) is 5.32 Å². The van der Waals surface area contributed by atoms with E-state index in [1.54, 1.807) is 0 Å². The molecule has 0 spiro atoms. The van der Waals surface area contributed by atoms with Gasteiger partial charge in [0.25, 0.3) is 5.69 Å². The maximum absolute atomic E-state index is 12.8. The fraction of sp³-hybridized carbons (Fsp3) is 0.440. The van der Waals surface area contributed by atoms with Crippen molar-refractivity contribution < 1.29 is 23.6 Å². The molecular weight excluding hydrogens is 454 g/mol. The minimum atomic E-state index is -0.612. The summed E-state index contributed by atoms with van der Waals surface area (Å²) in [6.07, 6.45) is 0.598. The van der Waals surface area contributed by atoms with Crippen LogP contribution in [0.25, 0.3) is 11.1 Å². The molecule has 1 aromatic heterocycles. The van der Waals surface area contributed by atoms with Crippen LogP contribution in [0.5, 0.6) is 11.5 Å². The number of aromatic nitrogens is 1. The maximum Gasteiger partial charge on any atom is 0.419 e. The summed E-state index contributed by atoms with van der Waals surface area (Å²) in [6.45, 7) is 9.13. The van der Waals surface area contributed by atoms with Gasteiger partial charge >= 0.3 is 5.76 Å². The second-order valence-corrected chi connectivity index (χ2v) is 8.39. The minimum absolute atomic E-state index is 0.127. The summed E-state index contributed by atoms with van der Waals surface area (Å²) in [6, 6.07) is 9.48. The van der Waals surface area contributed by atoms with Crippen molar-refractivity contribution in [3.63, 3.8) is 0 Å². The van der Waals surface area contributed by atoms with Gasteiger partial charge in [-0.3, -0.25) is 19.5 Å². The Morgan fingerprint density at radius 3 is 2.49 bits per heavy atom. The largest absolute Gasteiger partial charge is 0.490 e. The Balaban J connectivity index is 1.67. The van der Waals surface area contributed by atoms with Crippen LogP contribution in [0.1, 0.15) is 52.1 Å². The molecule has 0 aliphatic rings. The molecule has 1 atom stereocenters. The zero-order valence-corrected chi connectivity index (χ0v) is 20.4. The molecule has 1 N–H and O–H groups in total. The Morgan fingerprint density at radius 2 is 1.83 bits per heavy atom. The van der Waals surface area contributed by atoms with Gasteiger partial charge in [-0.1, -0.05) is 19.9 Å². The van der Waals surface area contributed by atoms with Gasteiger partial charge in [0.05, 0.1) is 35.8 Å². The number of amides is 1. The highest BCUT2D eigenvalue weighted by Gasteiger charge is 2.21. The van der Waals surface area contributed by atoms with Crippen LogP contribution in [0, 0.1) is 16.0 Å². The third kappa shape index (κ3) is 6.20. The number of carbonyl (C=O) groups excluding carboxylic acids is 1. The van der Waals surface area contributed by atoms with E-state index in [9.17, 15) is 19.7 Å². The van der Waals surface area contributed by atoms with Gasteiger partial charge in [-0.2, -0.15) is 0 Å². The number of hydrogen-bond acceptors (Lipinski definition) is 7. The average Bonchev–Trinajstić information content (AvgIpc) is 3.13. The number of nitro groups is 1. The number of nitro benzene ring substituents is 1. The number of fused-ring (bicyclic) bond motifs is 1. The summed E-state index contributed by atoms with van der Waals surface area (Å²) in [5, 5.41) is 14.0. The normalized spacial score (nSPS) is 12.0. The van der Waals surface area contributed by atoms with Gasteiger partial charge in [-0.25, -0.2) is 4.79 Å². The average molecular weight is 486 g/mol. The predicted molar refractivity (Wildman–Crippen MR) is 131 cm³/mol. The van der Waals surface area contributed by atoms with Crippen LogP contribution >= 0.6 is 0 Å². The number of nitrogens with one attached hydrogen (secondary N) is 1. The number of benzene rings is 2. The smallest absolute Gasteiger partial charge is 0.419 e. The van der Waals surface area contributed by atoms with Gasteiger partial charge < -0.3 is 19.2 Å². The van der Waals surface area contributed by atoms with E-state index in [0.29, 0.717) is 36.7 Å². The van der Waals surface area contributed by atoms with E-state index >= 15 is 0 Å². The molecule has 1 heterocycles. The first-order chi connectivity index (χ1) is 16.7. The first kappa shape index (κ1) is 25.8. The van der Waals surface area contributed by atoms with E-state index < -0.39 is 10.7 Å². The fourth-order valence-corrected chi connectivity index (χ4v) is 3.92. The number of aryl methyl sites for hydroxylation is 1. The quantitative estimate of drug-likeness (QED) is 0.294. The number of oxazole rings is 1. The van der Waals surface area contributed by atoms with Crippen molar-refractivity contribution in [1.29, 1.82) is 0 Å². The van der Waals surface area contributed by atoms with Gasteiger partial charge in [0.2, 0.25) is 5.91 Å². The summed E-state index contributed by atoms with van der Waals surface area (Å²) in [5.41, 5.74) is 1.37. The first-order valence-corrected chi connectivity index (χ1v) is 11.7. The zero-order valence-electron chi connectivity index (χ0n) is 20.4. The van der Waals surface area contributed by atoms with Crippen molar-refractivity contribution >= 4 is 22.7 Å². The zero-order chi connectivity index (χ0) is 25.5. The molecule has 0 bridgehead atoms. The van der Waals surface area contributed by atoms with Crippen molar-refractivity contribution in [2.24, 2.45) is 5.92 Å². The second-order valence-electron chi connectivity index (χ2n) is 8.39. The van der Waals surface area contributed by atoms with Crippen LogP contribution in [-0.4, -0.2) is 28.6 Å². The van der Waals surface area contributed by atoms with Crippen LogP contribution in [0.3, 0.4) is 0 Å². The standard InChI is InChI=1S/C25H31N3O7/c1-5-33-20-12-9-17(14-22(20)34-6-2)24(16(3)4)26-23(29)8-7-13-27-19-11-10-18(28(31)32)15-21(19)35-25(27)30/h9-12,14-16,24H,5-8,13H2,1-4H3,(H,26,29). The number of hydrogen-bond donors (Lipinski definition) is 1. The Kier molecular flexibility index (Phi) is 8.51. The lowest BCUT2D eigenvalue weighted by Crippen LogP contribution is -2.32.